The third-order valence-electron chi connectivity index (χ3n) is 4.59. The lowest BCUT2D eigenvalue weighted by Gasteiger charge is -2.37. The Morgan fingerprint density at radius 3 is 2.78 bits per heavy atom. The number of nitro groups is 1. The molecule has 1 fully saturated rings. The van der Waals surface area contributed by atoms with Crippen LogP contribution in [-0.2, 0) is 0 Å². The summed E-state index contributed by atoms with van der Waals surface area (Å²) < 4.78 is 5.30. The first kappa shape index (κ1) is 16.8. The molecule has 0 saturated carbocycles. The molecule has 136 valence electrons. The highest BCUT2D eigenvalue weighted by Crippen LogP contribution is 2.30. The Labute approximate surface area is 153 Å². The van der Waals surface area contributed by atoms with Crippen molar-refractivity contribution in [1.82, 2.24) is 20.0 Å². The standard InChI is InChI=1S/C18H15N5O4/c1-11-13(5-4-7-15(11)23(25)26)18(24)22-9-12(10-22)17-20-16(21-27-17)14-6-2-3-8-19-14/h2-8,12H,9-10H2,1H3. The Balaban J connectivity index is 1.46. The molecular formula is C18H15N5O4. The fourth-order valence-corrected chi connectivity index (χ4v) is 3.02. The maximum atomic E-state index is 12.7. The maximum absolute atomic E-state index is 12.7. The van der Waals surface area contributed by atoms with Crippen LogP contribution in [0.3, 0.4) is 0 Å². The summed E-state index contributed by atoms with van der Waals surface area (Å²) in [5, 5.41) is 15.0. The number of carbonyl (C=O) groups excluding carboxylic acids is 1. The van der Waals surface area contributed by atoms with Crippen molar-refractivity contribution < 1.29 is 14.2 Å². The van der Waals surface area contributed by atoms with Gasteiger partial charge in [0.15, 0.2) is 0 Å². The van der Waals surface area contributed by atoms with Gasteiger partial charge in [-0.15, -0.1) is 0 Å². The molecule has 9 heteroatoms. The number of hydrogen-bond acceptors (Lipinski definition) is 7. The number of amides is 1. The zero-order valence-electron chi connectivity index (χ0n) is 14.4. The third kappa shape index (κ3) is 3.03. The van der Waals surface area contributed by atoms with Crippen LogP contribution in [0.5, 0.6) is 0 Å². The summed E-state index contributed by atoms with van der Waals surface area (Å²) in [6.45, 7) is 2.43. The Morgan fingerprint density at radius 2 is 2.07 bits per heavy atom. The molecule has 2 aromatic heterocycles. The van der Waals surface area contributed by atoms with E-state index in [9.17, 15) is 14.9 Å². The van der Waals surface area contributed by atoms with Gasteiger partial charge in [0.2, 0.25) is 11.7 Å². The molecule has 0 atom stereocenters. The molecular weight excluding hydrogens is 350 g/mol. The van der Waals surface area contributed by atoms with E-state index in [1.54, 1.807) is 36.2 Å². The molecule has 0 N–H and O–H groups in total. The van der Waals surface area contributed by atoms with E-state index in [1.807, 2.05) is 6.07 Å². The number of pyridine rings is 1. The van der Waals surface area contributed by atoms with Crippen molar-refractivity contribution in [1.29, 1.82) is 0 Å². The predicted molar refractivity (Wildman–Crippen MR) is 94.0 cm³/mol. The van der Waals surface area contributed by atoms with Crippen molar-refractivity contribution in [2.75, 3.05) is 13.1 Å². The second kappa shape index (κ2) is 6.60. The van der Waals surface area contributed by atoms with Crippen LogP contribution < -0.4 is 0 Å². The molecule has 4 rings (SSSR count). The van der Waals surface area contributed by atoms with Crippen LogP contribution in [0.4, 0.5) is 5.69 Å². The summed E-state index contributed by atoms with van der Waals surface area (Å²) in [6, 6.07) is 9.94. The molecule has 3 aromatic rings. The lowest BCUT2D eigenvalue weighted by Crippen LogP contribution is -2.48. The summed E-state index contributed by atoms with van der Waals surface area (Å²) in [6.07, 6.45) is 1.65. The molecule has 0 radical (unpaired) electrons. The first-order chi connectivity index (χ1) is 13.0. The predicted octanol–water partition coefficient (Wildman–Crippen LogP) is 2.59. The minimum absolute atomic E-state index is 0.0575. The normalized spacial score (nSPS) is 14.0. The average molecular weight is 365 g/mol. The third-order valence-corrected chi connectivity index (χ3v) is 4.59. The molecule has 1 aliphatic heterocycles. The van der Waals surface area contributed by atoms with E-state index in [1.165, 1.54) is 12.1 Å². The minimum atomic E-state index is -0.484. The highest BCUT2D eigenvalue weighted by atomic mass is 16.6. The lowest BCUT2D eigenvalue weighted by molar-refractivity contribution is -0.385. The van der Waals surface area contributed by atoms with E-state index in [4.69, 9.17) is 4.52 Å². The Morgan fingerprint density at radius 1 is 1.26 bits per heavy atom. The van der Waals surface area contributed by atoms with Crippen molar-refractivity contribution >= 4 is 11.6 Å². The van der Waals surface area contributed by atoms with Crippen molar-refractivity contribution in [3.05, 3.63) is 69.7 Å². The maximum Gasteiger partial charge on any atom is 0.273 e. The number of carbonyl (C=O) groups is 1. The Kier molecular flexibility index (Phi) is 4.11. The van der Waals surface area contributed by atoms with Crippen LogP contribution >= 0.6 is 0 Å². The molecule has 0 aliphatic carbocycles. The first-order valence-corrected chi connectivity index (χ1v) is 8.33. The van der Waals surface area contributed by atoms with Gasteiger partial charge < -0.3 is 9.42 Å². The van der Waals surface area contributed by atoms with Crippen LogP contribution in [0.2, 0.25) is 0 Å². The molecule has 0 bridgehead atoms. The van der Waals surface area contributed by atoms with Crippen molar-refractivity contribution in [3.8, 4) is 11.5 Å². The second-order valence-corrected chi connectivity index (χ2v) is 6.29. The zero-order chi connectivity index (χ0) is 19.0. The van der Waals surface area contributed by atoms with Gasteiger partial charge in [0, 0.05) is 36.5 Å². The van der Waals surface area contributed by atoms with E-state index in [2.05, 4.69) is 15.1 Å². The number of nitro benzene ring substituents is 1. The largest absolute Gasteiger partial charge is 0.338 e. The fraction of sp³-hybridized carbons (Fsp3) is 0.222. The van der Waals surface area contributed by atoms with Crippen molar-refractivity contribution in [2.45, 2.75) is 12.8 Å². The minimum Gasteiger partial charge on any atom is -0.338 e. The van der Waals surface area contributed by atoms with Crippen molar-refractivity contribution in [2.24, 2.45) is 0 Å². The summed E-state index contributed by atoms with van der Waals surface area (Å²) in [4.78, 5) is 33.4. The molecule has 0 spiro atoms. The van der Waals surface area contributed by atoms with Crippen LogP contribution in [0, 0.1) is 17.0 Å². The first-order valence-electron chi connectivity index (χ1n) is 8.33. The van der Waals surface area contributed by atoms with E-state index < -0.39 is 4.92 Å². The molecule has 1 amide bonds. The van der Waals surface area contributed by atoms with Crippen LogP contribution in [0.15, 0.2) is 47.1 Å². The average Bonchev–Trinajstić information content (AvgIpc) is 3.10. The Bertz CT molecular complexity index is 1010. The van der Waals surface area contributed by atoms with Crippen molar-refractivity contribution in [3.63, 3.8) is 0 Å². The number of likely N-dealkylation sites (tertiary alicyclic amines) is 1. The van der Waals surface area contributed by atoms with Crippen LogP contribution in [0.25, 0.3) is 11.5 Å². The van der Waals surface area contributed by atoms with Gasteiger partial charge in [-0.2, -0.15) is 4.98 Å². The van der Waals surface area contributed by atoms with Crippen LogP contribution in [-0.4, -0.2) is 43.9 Å². The quantitative estimate of drug-likeness (QED) is 0.515. The lowest BCUT2D eigenvalue weighted by atomic mass is 9.97. The Hall–Kier alpha value is -3.62. The van der Waals surface area contributed by atoms with Gasteiger partial charge in [0.05, 0.1) is 10.8 Å². The molecule has 1 aromatic carbocycles. The fourth-order valence-electron chi connectivity index (χ4n) is 3.02. The van der Waals surface area contributed by atoms with E-state index >= 15 is 0 Å². The highest BCUT2D eigenvalue weighted by Gasteiger charge is 2.37. The van der Waals surface area contributed by atoms with Gasteiger partial charge >= 0.3 is 0 Å². The second-order valence-electron chi connectivity index (χ2n) is 6.29. The summed E-state index contributed by atoms with van der Waals surface area (Å²) in [5.41, 5.74) is 1.26. The van der Waals surface area contributed by atoms with Crippen LogP contribution in [0.1, 0.15) is 27.7 Å². The molecule has 3 heterocycles. The van der Waals surface area contributed by atoms with Gasteiger partial charge in [-0.3, -0.25) is 19.9 Å². The van der Waals surface area contributed by atoms with Gasteiger partial charge in [-0.25, -0.2) is 0 Å². The number of hydrogen-bond donors (Lipinski definition) is 0. The number of aromatic nitrogens is 3. The summed E-state index contributed by atoms with van der Waals surface area (Å²) in [7, 11) is 0. The SMILES string of the molecule is Cc1c(C(=O)N2CC(c3nc(-c4ccccn4)no3)C2)cccc1[N+](=O)[O-]. The van der Waals surface area contributed by atoms with Gasteiger partial charge in [0.1, 0.15) is 5.69 Å². The van der Waals surface area contributed by atoms with E-state index in [0.29, 0.717) is 41.6 Å². The van der Waals surface area contributed by atoms with E-state index in [0.717, 1.165) is 0 Å². The monoisotopic (exact) mass is 365 g/mol. The zero-order valence-corrected chi connectivity index (χ0v) is 14.4. The number of nitrogens with zero attached hydrogens (tertiary/aromatic N) is 5. The molecule has 27 heavy (non-hydrogen) atoms. The summed E-state index contributed by atoms with van der Waals surface area (Å²) >= 11 is 0. The molecule has 1 aliphatic rings. The van der Waals surface area contributed by atoms with Gasteiger partial charge in [-0.1, -0.05) is 17.3 Å². The molecule has 0 unspecified atom stereocenters. The summed E-state index contributed by atoms with van der Waals surface area (Å²) in [5.74, 6) is 0.565. The topological polar surface area (TPSA) is 115 Å². The van der Waals surface area contributed by atoms with Gasteiger partial charge in [0.25, 0.3) is 11.6 Å². The smallest absolute Gasteiger partial charge is 0.273 e. The highest BCUT2D eigenvalue weighted by molar-refractivity contribution is 5.97. The van der Waals surface area contributed by atoms with E-state index in [-0.39, 0.29) is 17.5 Å². The molecule has 1 saturated heterocycles. The number of rotatable bonds is 4. The van der Waals surface area contributed by atoms with Gasteiger partial charge in [-0.05, 0) is 25.1 Å². The number of benzene rings is 1. The molecule has 9 nitrogen and oxygen atoms in total.